The molecule has 0 saturated heterocycles. The second kappa shape index (κ2) is 10.4. The number of ketones is 1. The van der Waals surface area contributed by atoms with E-state index in [-0.39, 0.29) is 12.3 Å². The maximum Gasteiger partial charge on any atom is 0.342 e. The first-order valence-corrected chi connectivity index (χ1v) is 10.1. The summed E-state index contributed by atoms with van der Waals surface area (Å²) in [6, 6.07) is -0.942. The van der Waals surface area contributed by atoms with Gasteiger partial charge in [-0.2, -0.15) is 0 Å². The lowest BCUT2D eigenvalue weighted by Gasteiger charge is -2.33. The number of unbranched alkanes of at least 4 members (excludes halogenated alkanes) is 1. The number of amides is 1. The van der Waals surface area contributed by atoms with Crippen LogP contribution in [0.1, 0.15) is 46.5 Å². The van der Waals surface area contributed by atoms with Crippen LogP contribution in [0.4, 0.5) is 0 Å². The molecule has 0 heterocycles. The first-order valence-electron chi connectivity index (χ1n) is 8.46. The Morgan fingerprint density at radius 3 is 2.16 bits per heavy atom. The van der Waals surface area contributed by atoms with Crippen LogP contribution in [0.25, 0.3) is 0 Å². The number of rotatable bonds is 12. The SMILES string of the molecule is CNC(=O)[C@](N)(CCCCN)C(=O)[C@H](CC(C)C)N[C@H](C)P(=O)(O)O. The van der Waals surface area contributed by atoms with Crippen LogP contribution in [0.15, 0.2) is 0 Å². The summed E-state index contributed by atoms with van der Waals surface area (Å²) >= 11 is 0. The molecule has 0 saturated carbocycles. The summed E-state index contributed by atoms with van der Waals surface area (Å²) in [4.78, 5) is 43.9. The van der Waals surface area contributed by atoms with E-state index in [4.69, 9.17) is 11.5 Å². The lowest BCUT2D eigenvalue weighted by Crippen LogP contribution is -2.64. The lowest BCUT2D eigenvalue weighted by molar-refractivity contribution is -0.137. The fourth-order valence-corrected chi connectivity index (χ4v) is 2.92. The highest BCUT2D eigenvalue weighted by Gasteiger charge is 2.45. The standard InChI is InChI=1S/C15H33N4O5P/c1-10(2)9-12(19-11(3)25(22,23)24)13(20)15(17,14(21)18-4)7-5-6-8-16/h10-12,19H,5-9,16-17H2,1-4H3,(H,18,21)(H2,22,23,24)/t11-,12-,15-/m0/s1. The number of carbonyl (C=O) groups excluding carboxylic acids is 2. The maximum absolute atomic E-state index is 13.0. The number of hydrogen-bond donors (Lipinski definition) is 6. The van der Waals surface area contributed by atoms with Crippen LogP contribution in [0.2, 0.25) is 0 Å². The van der Waals surface area contributed by atoms with Gasteiger partial charge in [0.15, 0.2) is 11.3 Å². The molecule has 0 aliphatic carbocycles. The Bertz CT molecular complexity index is 496. The first kappa shape index (κ1) is 24.2. The van der Waals surface area contributed by atoms with E-state index in [1.165, 1.54) is 14.0 Å². The number of hydrogen-bond acceptors (Lipinski definition) is 6. The largest absolute Gasteiger partial charge is 0.357 e. The van der Waals surface area contributed by atoms with Crippen LogP contribution < -0.4 is 22.1 Å². The molecule has 0 aromatic heterocycles. The molecule has 0 aliphatic heterocycles. The van der Waals surface area contributed by atoms with Gasteiger partial charge in [0.2, 0.25) is 5.91 Å². The molecule has 148 valence electrons. The summed E-state index contributed by atoms with van der Waals surface area (Å²) in [5.74, 6) is -2.35. The number of likely N-dealkylation sites (N-methyl/N-ethyl adjacent to an activating group) is 1. The minimum Gasteiger partial charge on any atom is -0.357 e. The zero-order chi connectivity index (χ0) is 19.8. The summed E-state index contributed by atoms with van der Waals surface area (Å²) in [5.41, 5.74) is 9.85. The molecule has 0 radical (unpaired) electrons. The predicted octanol–water partition coefficient (Wildman–Crippen LogP) is -0.344. The third-order valence-corrected chi connectivity index (χ3v) is 5.23. The number of Topliss-reactive ketones (excluding diaryl/α,β-unsaturated/α-hetero) is 1. The lowest BCUT2D eigenvalue weighted by atomic mass is 9.82. The number of carbonyl (C=O) groups is 2. The highest BCUT2D eigenvalue weighted by molar-refractivity contribution is 7.52. The zero-order valence-electron chi connectivity index (χ0n) is 15.5. The highest BCUT2D eigenvalue weighted by Crippen LogP contribution is 2.39. The van der Waals surface area contributed by atoms with Gasteiger partial charge in [-0.1, -0.05) is 13.8 Å². The Kier molecular flexibility index (Phi) is 10.0. The Balaban J connectivity index is 5.56. The Labute approximate surface area is 149 Å². The van der Waals surface area contributed by atoms with Crippen molar-refractivity contribution in [1.82, 2.24) is 10.6 Å². The van der Waals surface area contributed by atoms with Crippen LogP contribution >= 0.6 is 7.60 Å². The van der Waals surface area contributed by atoms with E-state index in [9.17, 15) is 23.9 Å². The third-order valence-electron chi connectivity index (χ3n) is 4.07. The van der Waals surface area contributed by atoms with Gasteiger partial charge in [-0.15, -0.1) is 0 Å². The molecule has 10 heteroatoms. The molecule has 0 aromatic carbocycles. The molecule has 0 spiro atoms. The molecule has 0 aromatic rings. The van der Waals surface area contributed by atoms with E-state index in [1.807, 2.05) is 13.8 Å². The molecule has 3 atom stereocenters. The normalized spacial score (nSPS) is 17.0. The average Bonchev–Trinajstić information content (AvgIpc) is 2.51. The van der Waals surface area contributed by atoms with Crippen molar-refractivity contribution in [2.24, 2.45) is 17.4 Å². The van der Waals surface area contributed by atoms with E-state index in [2.05, 4.69) is 10.6 Å². The zero-order valence-corrected chi connectivity index (χ0v) is 16.4. The van der Waals surface area contributed by atoms with E-state index < -0.39 is 36.6 Å². The van der Waals surface area contributed by atoms with Crippen molar-refractivity contribution in [2.45, 2.75) is 63.8 Å². The number of nitrogens with one attached hydrogen (secondary N) is 2. The second-order valence-electron chi connectivity index (χ2n) is 6.77. The van der Waals surface area contributed by atoms with Gasteiger partial charge in [-0.3, -0.25) is 19.5 Å². The van der Waals surface area contributed by atoms with E-state index in [0.717, 1.165) is 0 Å². The smallest absolute Gasteiger partial charge is 0.342 e. The Morgan fingerprint density at radius 2 is 1.76 bits per heavy atom. The van der Waals surface area contributed by atoms with Crippen molar-refractivity contribution in [1.29, 1.82) is 0 Å². The van der Waals surface area contributed by atoms with Gasteiger partial charge in [-0.25, -0.2) is 0 Å². The van der Waals surface area contributed by atoms with Gasteiger partial charge < -0.3 is 26.6 Å². The van der Waals surface area contributed by atoms with Crippen molar-refractivity contribution < 1.29 is 23.9 Å². The van der Waals surface area contributed by atoms with Crippen LogP contribution in [0.5, 0.6) is 0 Å². The van der Waals surface area contributed by atoms with E-state index >= 15 is 0 Å². The van der Waals surface area contributed by atoms with Gasteiger partial charge in [0.05, 0.1) is 6.04 Å². The molecule has 0 bridgehead atoms. The molecular formula is C15H33N4O5P. The van der Waals surface area contributed by atoms with Gasteiger partial charge >= 0.3 is 7.60 Å². The molecule has 25 heavy (non-hydrogen) atoms. The van der Waals surface area contributed by atoms with Crippen LogP contribution in [-0.4, -0.2) is 52.4 Å². The second-order valence-corrected chi connectivity index (χ2v) is 8.73. The summed E-state index contributed by atoms with van der Waals surface area (Å²) < 4.78 is 11.4. The molecule has 0 fully saturated rings. The van der Waals surface area contributed by atoms with Crippen molar-refractivity contribution >= 4 is 19.3 Å². The van der Waals surface area contributed by atoms with Crippen LogP contribution in [0.3, 0.4) is 0 Å². The third kappa shape index (κ3) is 7.52. The molecular weight excluding hydrogens is 347 g/mol. The summed E-state index contributed by atoms with van der Waals surface area (Å²) in [6.45, 7) is 5.46. The van der Waals surface area contributed by atoms with Gasteiger partial charge in [0, 0.05) is 7.05 Å². The highest BCUT2D eigenvalue weighted by atomic mass is 31.2. The molecule has 9 nitrogen and oxygen atoms in total. The van der Waals surface area contributed by atoms with Crippen molar-refractivity contribution in [3.8, 4) is 0 Å². The van der Waals surface area contributed by atoms with Crippen molar-refractivity contribution in [3.63, 3.8) is 0 Å². The maximum atomic E-state index is 13.0. The molecule has 8 N–H and O–H groups in total. The van der Waals surface area contributed by atoms with Gasteiger partial charge in [0.25, 0.3) is 0 Å². The van der Waals surface area contributed by atoms with Gasteiger partial charge in [0.1, 0.15) is 5.78 Å². The molecule has 1 amide bonds. The summed E-state index contributed by atoms with van der Waals surface area (Å²) in [5, 5.41) is 5.07. The Morgan fingerprint density at radius 1 is 1.20 bits per heavy atom. The minimum absolute atomic E-state index is 0.0587. The molecule has 0 rings (SSSR count). The van der Waals surface area contributed by atoms with Crippen LogP contribution in [-0.2, 0) is 14.2 Å². The quantitative estimate of drug-likeness (QED) is 0.152. The van der Waals surface area contributed by atoms with E-state index in [1.54, 1.807) is 0 Å². The first-order chi connectivity index (χ1) is 11.4. The predicted molar refractivity (Wildman–Crippen MR) is 96.8 cm³/mol. The topological polar surface area (TPSA) is 168 Å². The summed E-state index contributed by atoms with van der Waals surface area (Å²) in [7, 11) is -3.03. The van der Waals surface area contributed by atoms with Crippen molar-refractivity contribution in [3.05, 3.63) is 0 Å². The molecule has 0 aliphatic rings. The molecule has 0 unspecified atom stereocenters. The number of nitrogens with two attached hydrogens (primary N) is 2. The van der Waals surface area contributed by atoms with Gasteiger partial charge in [-0.05, 0) is 45.1 Å². The van der Waals surface area contributed by atoms with Crippen LogP contribution in [0, 0.1) is 5.92 Å². The fraction of sp³-hybridized carbons (Fsp3) is 0.867. The van der Waals surface area contributed by atoms with Crippen molar-refractivity contribution in [2.75, 3.05) is 13.6 Å². The van der Waals surface area contributed by atoms with E-state index in [0.29, 0.717) is 25.8 Å². The summed E-state index contributed by atoms with van der Waals surface area (Å²) in [6.07, 6.45) is 1.53. The fourth-order valence-electron chi connectivity index (χ4n) is 2.54. The Hall–Kier alpha value is -0.830. The minimum atomic E-state index is -4.42. The average molecular weight is 380 g/mol. The monoisotopic (exact) mass is 380 g/mol.